The molecule has 1 amide bonds. The Hall–Kier alpha value is -4.27. The SMILES string of the molecule is [N-]=[N+]=C1C=CC=C(CC(=O)OCC#Cc2cc(F)ccc2NC(=O)c2ccccc2)C1. The van der Waals surface area contributed by atoms with Gasteiger partial charge in [-0.25, -0.2) is 4.39 Å². The number of carbonyl (C=O) groups excluding carboxylic acids is 2. The summed E-state index contributed by atoms with van der Waals surface area (Å²) in [6, 6.07) is 12.5. The van der Waals surface area contributed by atoms with E-state index < -0.39 is 11.8 Å². The third-order valence-corrected chi connectivity index (χ3v) is 4.32. The summed E-state index contributed by atoms with van der Waals surface area (Å²) in [6.45, 7) is -0.189. The molecule has 0 unspecified atom stereocenters. The minimum atomic E-state index is -0.502. The van der Waals surface area contributed by atoms with Crippen molar-refractivity contribution >= 4 is 23.3 Å². The van der Waals surface area contributed by atoms with Crippen LogP contribution in [0.4, 0.5) is 10.1 Å². The lowest BCUT2D eigenvalue weighted by atomic mass is 10.0. The van der Waals surface area contributed by atoms with Gasteiger partial charge in [0.05, 0.1) is 24.1 Å². The summed E-state index contributed by atoms with van der Waals surface area (Å²) in [6.07, 6.45) is 5.50. The second kappa shape index (κ2) is 10.5. The molecule has 1 aliphatic carbocycles. The van der Waals surface area contributed by atoms with Gasteiger partial charge < -0.3 is 15.6 Å². The molecule has 0 radical (unpaired) electrons. The van der Waals surface area contributed by atoms with Crippen LogP contribution in [0, 0.1) is 17.7 Å². The van der Waals surface area contributed by atoms with Gasteiger partial charge in [0.15, 0.2) is 6.61 Å². The first-order valence-electron chi connectivity index (χ1n) is 9.42. The van der Waals surface area contributed by atoms with E-state index in [4.69, 9.17) is 10.3 Å². The Morgan fingerprint density at radius 2 is 2.00 bits per heavy atom. The van der Waals surface area contributed by atoms with Crippen molar-refractivity contribution in [3.05, 3.63) is 94.8 Å². The maximum atomic E-state index is 13.7. The molecule has 6 nitrogen and oxygen atoms in total. The van der Waals surface area contributed by atoms with Crippen LogP contribution in [0.2, 0.25) is 0 Å². The number of halogens is 1. The highest BCUT2D eigenvalue weighted by atomic mass is 19.1. The Morgan fingerprint density at radius 1 is 1.19 bits per heavy atom. The van der Waals surface area contributed by atoms with Crippen LogP contribution in [0.3, 0.4) is 0 Å². The summed E-state index contributed by atoms with van der Waals surface area (Å²) >= 11 is 0. The minimum Gasteiger partial charge on any atom is -0.452 e. The second-order valence-electron chi connectivity index (χ2n) is 6.60. The first-order chi connectivity index (χ1) is 15.0. The van der Waals surface area contributed by atoms with Gasteiger partial charge in [-0.2, -0.15) is 4.79 Å². The quantitative estimate of drug-likeness (QED) is 0.347. The Kier molecular flexibility index (Phi) is 7.26. The van der Waals surface area contributed by atoms with Crippen LogP contribution in [-0.4, -0.2) is 29.0 Å². The van der Waals surface area contributed by atoms with Crippen molar-refractivity contribution in [1.82, 2.24) is 0 Å². The van der Waals surface area contributed by atoms with Crippen LogP contribution in [0.5, 0.6) is 0 Å². The first-order valence-corrected chi connectivity index (χ1v) is 9.42. The van der Waals surface area contributed by atoms with Crippen molar-refractivity contribution in [2.45, 2.75) is 12.8 Å². The normalized spacial score (nSPS) is 12.2. The van der Waals surface area contributed by atoms with Crippen molar-refractivity contribution in [2.24, 2.45) is 0 Å². The Morgan fingerprint density at radius 3 is 2.77 bits per heavy atom. The summed E-state index contributed by atoms with van der Waals surface area (Å²) in [5, 5.41) is 2.71. The van der Waals surface area contributed by atoms with Gasteiger partial charge in [-0.05, 0) is 35.9 Å². The number of anilines is 1. The number of hydrogen-bond acceptors (Lipinski definition) is 3. The number of nitrogens with zero attached hydrogens (tertiary/aromatic N) is 2. The number of ether oxygens (including phenoxy) is 1. The molecule has 0 aliphatic heterocycles. The van der Waals surface area contributed by atoms with Gasteiger partial charge in [-0.1, -0.05) is 42.2 Å². The summed E-state index contributed by atoms with van der Waals surface area (Å²) < 4.78 is 18.8. The van der Waals surface area contributed by atoms with Crippen molar-refractivity contribution in [2.75, 3.05) is 11.9 Å². The summed E-state index contributed by atoms with van der Waals surface area (Å²) in [7, 11) is 0. The Bertz CT molecular complexity index is 1170. The molecule has 31 heavy (non-hydrogen) atoms. The zero-order valence-corrected chi connectivity index (χ0v) is 16.5. The Balaban J connectivity index is 1.60. The number of rotatable bonds is 5. The molecular formula is C24H18FN3O3. The summed E-state index contributed by atoms with van der Waals surface area (Å²) in [5.74, 6) is 4.06. The monoisotopic (exact) mass is 415 g/mol. The lowest BCUT2D eigenvalue weighted by molar-refractivity contribution is -0.141. The second-order valence-corrected chi connectivity index (χ2v) is 6.60. The number of nitrogens with one attached hydrogen (secondary N) is 1. The van der Waals surface area contributed by atoms with E-state index in [1.165, 1.54) is 18.2 Å². The average molecular weight is 415 g/mol. The highest BCUT2D eigenvalue weighted by molar-refractivity contribution is 6.04. The zero-order chi connectivity index (χ0) is 22.1. The number of carbonyl (C=O) groups is 2. The third kappa shape index (κ3) is 6.36. The van der Waals surface area contributed by atoms with Gasteiger partial charge in [-0.3, -0.25) is 9.59 Å². The smallest absolute Gasteiger partial charge is 0.310 e. The topological polar surface area (TPSA) is 91.8 Å². The standard InChI is InChI=1S/C24H18FN3O3/c25-20-11-12-22(27-24(30)18-7-2-1-3-8-18)19(16-20)9-5-13-31-23(29)15-17-6-4-10-21(14-17)28-26/h1-4,6-8,10-12,16H,13-15H2,(H,27,30). The minimum absolute atomic E-state index is 0.0450. The number of allylic oxidation sites excluding steroid dienone is 3. The number of amides is 1. The molecule has 0 saturated carbocycles. The molecule has 0 fully saturated rings. The highest BCUT2D eigenvalue weighted by Crippen LogP contribution is 2.17. The van der Waals surface area contributed by atoms with Crippen LogP contribution < -0.4 is 5.32 Å². The molecule has 3 rings (SSSR count). The lowest BCUT2D eigenvalue weighted by Gasteiger charge is -2.08. The molecule has 2 aromatic rings. The Labute approximate surface area is 178 Å². The molecular weight excluding hydrogens is 397 g/mol. The first kappa shape index (κ1) is 21.4. The fourth-order valence-corrected chi connectivity index (χ4v) is 2.83. The molecule has 1 aliphatic rings. The molecule has 0 heterocycles. The maximum Gasteiger partial charge on any atom is 0.310 e. The number of benzene rings is 2. The van der Waals surface area contributed by atoms with Crippen LogP contribution >= 0.6 is 0 Å². The highest BCUT2D eigenvalue weighted by Gasteiger charge is 2.15. The van der Waals surface area contributed by atoms with E-state index in [-0.39, 0.29) is 24.5 Å². The molecule has 154 valence electrons. The average Bonchev–Trinajstić information content (AvgIpc) is 2.79. The van der Waals surface area contributed by atoms with Crippen molar-refractivity contribution in [1.29, 1.82) is 0 Å². The van der Waals surface area contributed by atoms with E-state index in [1.807, 2.05) is 0 Å². The number of hydrogen-bond donors (Lipinski definition) is 1. The van der Waals surface area contributed by atoms with Crippen LogP contribution in [-0.2, 0) is 9.53 Å². The van der Waals surface area contributed by atoms with Crippen LogP contribution in [0.1, 0.15) is 28.8 Å². The van der Waals surface area contributed by atoms with E-state index in [0.29, 0.717) is 23.4 Å². The largest absolute Gasteiger partial charge is 0.452 e. The van der Waals surface area contributed by atoms with Gasteiger partial charge >= 0.3 is 5.97 Å². The van der Waals surface area contributed by atoms with Gasteiger partial charge in [0.1, 0.15) is 5.82 Å². The van der Waals surface area contributed by atoms with Gasteiger partial charge in [0.2, 0.25) is 0 Å². The van der Waals surface area contributed by atoms with Gasteiger partial charge in [0.25, 0.3) is 11.6 Å². The summed E-state index contributed by atoms with van der Waals surface area (Å²) in [5.41, 5.74) is 11.1. The van der Waals surface area contributed by atoms with Crippen LogP contribution in [0.25, 0.3) is 5.53 Å². The van der Waals surface area contributed by atoms with E-state index >= 15 is 0 Å². The van der Waals surface area contributed by atoms with E-state index in [2.05, 4.69) is 21.9 Å². The zero-order valence-electron chi connectivity index (χ0n) is 16.5. The molecule has 0 bridgehead atoms. The fourth-order valence-electron chi connectivity index (χ4n) is 2.83. The molecule has 0 aromatic heterocycles. The molecule has 1 N–H and O–H groups in total. The van der Waals surface area contributed by atoms with Gasteiger partial charge in [-0.15, -0.1) is 0 Å². The lowest BCUT2D eigenvalue weighted by Crippen LogP contribution is -2.12. The van der Waals surface area contributed by atoms with E-state index in [0.717, 1.165) is 5.57 Å². The van der Waals surface area contributed by atoms with Gasteiger partial charge in [0, 0.05) is 11.6 Å². The van der Waals surface area contributed by atoms with Crippen molar-refractivity contribution < 1.29 is 23.5 Å². The molecule has 2 aromatic carbocycles. The van der Waals surface area contributed by atoms with E-state index in [1.54, 1.807) is 48.6 Å². The molecule has 0 atom stereocenters. The maximum absolute atomic E-state index is 13.7. The van der Waals surface area contributed by atoms with Crippen molar-refractivity contribution in [3.8, 4) is 11.8 Å². The fraction of sp³-hybridized carbons (Fsp3) is 0.125. The van der Waals surface area contributed by atoms with Crippen molar-refractivity contribution in [3.63, 3.8) is 0 Å². The summed E-state index contributed by atoms with van der Waals surface area (Å²) in [4.78, 5) is 27.4. The predicted octanol–water partition coefficient (Wildman–Crippen LogP) is 3.92. The molecule has 0 spiro atoms. The third-order valence-electron chi connectivity index (χ3n) is 4.32. The molecule has 0 saturated heterocycles. The van der Waals surface area contributed by atoms with Crippen LogP contribution in [0.15, 0.2) is 72.3 Å². The van der Waals surface area contributed by atoms with E-state index in [9.17, 15) is 14.0 Å². The number of esters is 1. The molecule has 7 heteroatoms. The predicted molar refractivity (Wildman–Crippen MR) is 114 cm³/mol.